The van der Waals surface area contributed by atoms with Crippen molar-refractivity contribution in [1.82, 2.24) is 4.31 Å². The third-order valence-electron chi connectivity index (χ3n) is 5.27. The highest BCUT2D eigenvalue weighted by atomic mass is 32.2. The number of hydrogen-bond donors (Lipinski definition) is 1. The van der Waals surface area contributed by atoms with Gasteiger partial charge in [-0.15, -0.1) is 11.3 Å². The summed E-state index contributed by atoms with van der Waals surface area (Å²) in [5.74, 6) is -1.07. The van der Waals surface area contributed by atoms with Crippen molar-refractivity contribution >= 4 is 38.2 Å². The van der Waals surface area contributed by atoms with Gasteiger partial charge in [-0.05, 0) is 44.1 Å². The number of nitrogens with one attached hydrogen (secondary N) is 1. The minimum atomic E-state index is -3.32. The Labute approximate surface area is 164 Å². The topological polar surface area (TPSA) is 92.8 Å². The second-order valence-corrected chi connectivity index (χ2v) is 10.3. The molecule has 1 atom stereocenters. The molecule has 1 aliphatic heterocycles. The lowest BCUT2D eigenvalue weighted by Gasteiger charge is -2.30. The summed E-state index contributed by atoms with van der Waals surface area (Å²) in [7, 11) is -1.97. The van der Waals surface area contributed by atoms with Gasteiger partial charge in [-0.2, -0.15) is 0 Å². The standard InChI is InChI=1S/C18H26N2O5S2/c1-25-18(22)15-13-8-4-3-5-9-14(13)26-17(15)19-16(21)12-7-6-10-20(11-12)27(2,23)24/h12H,3-11H2,1-2H3,(H,19,21). The molecule has 1 fully saturated rings. The van der Waals surface area contributed by atoms with Crippen molar-refractivity contribution in [2.75, 3.05) is 31.8 Å². The molecule has 3 rings (SSSR count). The molecule has 9 heteroatoms. The first-order chi connectivity index (χ1) is 12.8. The van der Waals surface area contributed by atoms with E-state index in [-0.39, 0.29) is 12.5 Å². The van der Waals surface area contributed by atoms with E-state index in [1.807, 2.05) is 0 Å². The van der Waals surface area contributed by atoms with Crippen molar-refractivity contribution in [3.05, 3.63) is 16.0 Å². The Morgan fingerprint density at radius 1 is 1.19 bits per heavy atom. The number of anilines is 1. The Balaban J connectivity index is 1.82. The molecule has 1 saturated heterocycles. The number of ether oxygens (including phenoxy) is 1. The van der Waals surface area contributed by atoms with E-state index in [1.165, 1.54) is 29.0 Å². The third kappa shape index (κ3) is 4.52. The van der Waals surface area contributed by atoms with Gasteiger partial charge in [0.1, 0.15) is 5.00 Å². The van der Waals surface area contributed by atoms with Crippen LogP contribution < -0.4 is 5.32 Å². The van der Waals surface area contributed by atoms with Crippen LogP contribution in [-0.4, -0.2) is 51.1 Å². The van der Waals surface area contributed by atoms with E-state index >= 15 is 0 Å². The summed E-state index contributed by atoms with van der Waals surface area (Å²) in [6.45, 7) is 0.632. The van der Waals surface area contributed by atoms with E-state index in [9.17, 15) is 18.0 Å². The fourth-order valence-electron chi connectivity index (χ4n) is 3.82. The van der Waals surface area contributed by atoms with E-state index < -0.39 is 21.9 Å². The van der Waals surface area contributed by atoms with Crippen molar-refractivity contribution in [3.8, 4) is 0 Å². The zero-order valence-electron chi connectivity index (χ0n) is 15.7. The molecule has 1 amide bonds. The summed E-state index contributed by atoms with van der Waals surface area (Å²) in [5.41, 5.74) is 1.48. The van der Waals surface area contributed by atoms with E-state index in [0.717, 1.165) is 42.5 Å². The van der Waals surface area contributed by atoms with Crippen LogP contribution in [0.15, 0.2) is 0 Å². The molecule has 1 aromatic rings. The molecule has 27 heavy (non-hydrogen) atoms. The summed E-state index contributed by atoms with van der Waals surface area (Å²) in [5, 5.41) is 3.44. The van der Waals surface area contributed by atoms with E-state index in [1.54, 1.807) is 0 Å². The molecule has 0 aromatic carbocycles. The zero-order valence-corrected chi connectivity index (χ0v) is 17.4. The van der Waals surface area contributed by atoms with Crippen molar-refractivity contribution in [3.63, 3.8) is 0 Å². The Morgan fingerprint density at radius 2 is 1.93 bits per heavy atom. The average Bonchev–Trinajstić information content (AvgIpc) is 2.81. The highest BCUT2D eigenvalue weighted by Crippen LogP contribution is 2.38. The number of nitrogens with zero attached hydrogens (tertiary/aromatic N) is 1. The second-order valence-electron chi connectivity index (χ2n) is 7.21. The number of methoxy groups -OCH3 is 1. The van der Waals surface area contributed by atoms with Crippen LogP contribution in [0.1, 0.15) is 52.9 Å². The van der Waals surface area contributed by atoms with Crippen LogP contribution in [0.4, 0.5) is 5.00 Å². The maximum absolute atomic E-state index is 12.8. The zero-order chi connectivity index (χ0) is 19.6. The molecule has 0 spiro atoms. The van der Waals surface area contributed by atoms with Crippen molar-refractivity contribution in [2.45, 2.75) is 44.9 Å². The lowest BCUT2D eigenvalue weighted by molar-refractivity contribution is -0.120. The molecular formula is C18H26N2O5S2. The lowest BCUT2D eigenvalue weighted by Crippen LogP contribution is -2.43. The van der Waals surface area contributed by atoms with Gasteiger partial charge in [0.2, 0.25) is 15.9 Å². The normalized spacial score (nSPS) is 21.2. The number of carbonyl (C=O) groups is 2. The second kappa shape index (κ2) is 8.28. The molecule has 1 aliphatic carbocycles. The number of hydrogen-bond acceptors (Lipinski definition) is 6. The molecule has 1 aromatic heterocycles. The van der Waals surface area contributed by atoms with Crippen molar-refractivity contribution in [1.29, 1.82) is 0 Å². The predicted octanol–water partition coefficient (Wildman–Crippen LogP) is 2.41. The third-order valence-corrected chi connectivity index (χ3v) is 7.75. The van der Waals surface area contributed by atoms with Crippen molar-refractivity contribution < 1.29 is 22.7 Å². The number of thiophene rings is 1. The highest BCUT2D eigenvalue weighted by Gasteiger charge is 2.32. The number of aryl methyl sites for hydroxylation is 1. The summed E-state index contributed by atoms with van der Waals surface area (Å²) in [4.78, 5) is 26.3. The number of rotatable bonds is 4. The van der Waals surface area contributed by atoms with E-state index in [2.05, 4.69) is 5.32 Å². The summed E-state index contributed by atoms with van der Waals surface area (Å²) < 4.78 is 29.9. The number of esters is 1. The molecule has 150 valence electrons. The highest BCUT2D eigenvalue weighted by molar-refractivity contribution is 7.88. The maximum Gasteiger partial charge on any atom is 0.341 e. The summed E-state index contributed by atoms with van der Waals surface area (Å²) in [6.07, 6.45) is 7.40. The largest absolute Gasteiger partial charge is 0.465 e. The van der Waals surface area contributed by atoms with Gasteiger partial charge in [0.25, 0.3) is 0 Å². The number of carbonyl (C=O) groups excluding carboxylic acids is 2. The fraction of sp³-hybridized carbons (Fsp3) is 0.667. The van der Waals surface area contributed by atoms with Crippen LogP contribution in [0.5, 0.6) is 0 Å². The van der Waals surface area contributed by atoms with Gasteiger partial charge in [0, 0.05) is 18.0 Å². The average molecular weight is 415 g/mol. The van der Waals surface area contributed by atoms with Gasteiger partial charge in [-0.3, -0.25) is 4.79 Å². The number of piperidine rings is 1. The molecule has 7 nitrogen and oxygen atoms in total. The van der Waals surface area contributed by atoms with Gasteiger partial charge in [-0.25, -0.2) is 17.5 Å². The number of amides is 1. The predicted molar refractivity (Wildman–Crippen MR) is 105 cm³/mol. The Morgan fingerprint density at radius 3 is 2.63 bits per heavy atom. The smallest absolute Gasteiger partial charge is 0.341 e. The Hall–Kier alpha value is -1.45. The minimum absolute atomic E-state index is 0.184. The summed E-state index contributed by atoms with van der Waals surface area (Å²) >= 11 is 1.45. The van der Waals surface area contributed by atoms with Crippen LogP contribution in [0.3, 0.4) is 0 Å². The molecule has 2 heterocycles. The monoisotopic (exact) mass is 414 g/mol. The molecule has 1 N–H and O–H groups in total. The molecule has 0 bridgehead atoms. The van der Waals surface area contributed by atoms with Gasteiger partial charge in [-0.1, -0.05) is 6.42 Å². The first-order valence-electron chi connectivity index (χ1n) is 9.30. The van der Waals surface area contributed by atoms with E-state index in [4.69, 9.17) is 4.74 Å². The molecule has 2 aliphatic rings. The molecule has 1 unspecified atom stereocenters. The van der Waals surface area contributed by atoms with E-state index in [0.29, 0.717) is 30.0 Å². The van der Waals surface area contributed by atoms with Crippen LogP contribution in [0, 0.1) is 5.92 Å². The van der Waals surface area contributed by atoms with Gasteiger partial charge >= 0.3 is 5.97 Å². The van der Waals surface area contributed by atoms with Crippen LogP contribution >= 0.6 is 11.3 Å². The van der Waals surface area contributed by atoms with Gasteiger partial charge < -0.3 is 10.1 Å². The summed E-state index contributed by atoms with van der Waals surface area (Å²) in [6, 6.07) is 0. The minimum Gasteiger partial charge on any atom is -0.465 e. The lowest BCUT2D eigenvalue weighted by atomic mass is 9.98. The van der Waals surface area contributed by atoms with Gasteiger partial charge in [0.05, 0.1) is 24.8 Å². The fourth-order valence-corrected chi connectivity index (χ4v) is 6.01. The Kier molecular flexibility index (Phi) is 6.22. The van der Waals surface area contributed by atoms with Crippen molar-refractivity contribution in [2.24, 2.45) is 5.92 Å². The van der Waals surface area contributed by atoms with Gasteiger partial charge in [0.15, 0.2) is 0 Å². The maximum atomic E-state index is 12.8. The number of fused-ring (bicyclic) bond motifs is 1. The molecule has 0 saturated carbocycles. The number of sulfonamides is 1. The first-order valence-corrected chi connectivity index (χ1v) is 12.0. The van der Waals surface area contributed by atoms with Crippen LogP contribution in [0.2, 0.25) is 0 Å². The molecule has 0 radical (unpaired) electrons. The quantitative estimate of drug-likeness (QED) is 0.603. The molecular weight excluding hydrogens is 388 g/mol. The Bertz CT molecular complexity index is 831. The van der Waals surface area contributed by atoms with Crippen LogP contribution in [0.25, 0.3) is 0 Å². The SMILES string of the molecule is COC(=O)c1c(NC(=O)C2CCCN(S(C)(=O)=O)C2)sc2c1CCCCC2. The van der Waals surface area contributed by atoms with Crippen LogP contribution in [-0.2, 0) is 32.4 Å². The first kappa shape index (κ1) is 20.3.